The van der Waals surface area contributed by atoms with Crippen LogP contribution >= 0.6 is 0 Å². The molecule has 1 unspecified atom stereocenters. The number of imide groups is 2. The highest BCUT2D eigenvalue weighted by atomic mass is 16.5. The van der Waals surface area contributed by atoms with Crippen LogP contribution in [0.2, 0.25) is 0 Å². The van der Waals surface area contributed by atoms with Crippen molar-refractivity contribution in [1.82, 2.24) is 10.2 Å². The Balaban J connectivity index is 2.25. The molecule has 4 amide bonds. The van der Waals surface area contributed by atoms with Crippen LogP contribution in [0.1, 0.15) is 45.4 Å². The number of urea groups is 1. The Bertz CT molecular complexity index is 413. The van der Waals surface area contributed by atoms with Crippen molar-refractivity contribution in [3.8, 4) is 0 Å². The van der Waals surface area contributed by atoms with Crippen molar-refractivity contribution < 1.29 is 19.1 Å². The standard InChI is InChI=1S/C14H22N2O4/c1-10(20-2)9-16-12(18)14(11(17)15-13(16)19)7-5-3-4-6-8-14/h10H,3-9H2,1-2H3,(H,15,17,19). The molecular weight excluding hydrogens is 260 g/mol. The average molecular weight is 282 g/mol. The number of amides is 4. The lowest BCUT2D eigenvalue weighted by atomic mass is 9.77. The summed E-state index contributed by atoms with van der Waals surface area (Å²) in [7, 11) is 1.53. The number of methoxy groups -OCH3 is 1. The molecule has 2 fully saturated rings. The van der Waals surface area contributed by atoms with Crippen LogP contribution in [0.25, 0.3) is 0 Å². The van der Waals surface area contributed by atoms with Gasteiger partial charge in [0, 0.05) is 7.11 Å². The second kappa shape index (κ2) is 5.91. The summed E-state index contributed by atoms with van der Waals surface area (Å²) in [4.78, 5) is 38.0. The second-order valence-electron chi connectivity index (χ2n) is 5.72. The van der Waals surface area contributed by atoms with Gasteiger partial charge < -0.3 is 4.74 Å². The van der Waals surface area contributed by atoms with E-state index in [9.17, 15) is 14.4 Å². The first kappa shape index (κ1) is 15.0. The largest absolute Gasteiger partial charge is 0.380 e. The number of hydrogen-bond donors (Lipinski definition) is 1. The number of nitrogens with one attached hydrogen (secondary N) is 1. The summed E-state index contributed by atoms with van der Waals surface area (Å²) >= 11 is 0. The maximum absolute atomic E-state index is 12.7. The molecule has 0 radical (unpaired) electrons. The van der Waals surface area contributed by atoms with Crippen LogP contribution in [0, 0.1) is 5.41 Å². The third-order valence-corrected chi connectivity index (χ3v) is 4.35. The van der Waals surface area contributed by atoms with Gasteiger partial charge in [-0.2, -0.15) is 0 Å². The molecule has 0 aromatic rings. The molecule has 1 atom stereocenters. The summed E-state index contributed by atoms with van der Waals surface area (Å²) in [6, 6.07) is -0.626. The molecule has 0 aromatic carbocycles. The molecule has 20 heavy (non-hydrogen) atoms. The monoisotopic (exact) mass is 282 g/mol. The fourth-order valence-corrected chi connectivity index (χ4v) is 3.00. The van der Waals surface area contributed by atoms with E-state index in [0.29, 0.717) is 12.8 Å². The van der Waals surface area contributed by atoms with Gasteiger partial charge in [0.2, 0.25) is 11.8 Å². The highest BCUT2D eigenvalue weighted by Gasteiger charge is 2.53. The first-order valence-electron chi connectivity index (χ1n) is 7.21. The van der Waals surface area contributed by atoms with Gasteiger partial charge in [-0.05, 0) is 19.8 Å². The summed E-state index contributed by atoms with van der Waals surface area (Å²) in [5.41, 5.74) is -1.04. The number of nitrogens with zero attached hydrogens (tertiary/aromatic N) is 1. The number of barbiturate groups is 1. The molecular formula is C14H22N2O4. The number of hydrogen-bond acceptors (Lipinski definition) is 4. The summed E-state index contributed by atoms with van der Waals surface area (Å²) in [6.07, 6.45) is 4.57. The Morgan fingerprint density at radius 1 is 1.20 bits per heavy atom. The highest BCUT2D eigenvalue weighted by molar-refractivity contribution is 6.19. The van der Waals surface area contributed by atoms with Crippen LogP contribution in [-0.2, 0) is 14.3 Å². The predicted molar refractivity (Wildman–Crippen MR) is 71.9 cm³/mol. The van der Waals surface area contributed by atoms with Gasteiger partial charge in [0.1, 0.15) is 5.41 Å². The van der Waals surface area contributed by atoms with Crippen molar-refractivity contribution in [3.05, 3.63) is 0 Å². The molecule has 1 heterocycles. The minimum absolute atomic E-state index is 0.177. The Hall–Kier alpha value is -1.43. The molecule has 1 saturated carbocycles. The smallest absolute Gasteiger partial charge is 0.330 e. The van der Waals surface area contributed by atoms with E-state index < -0.39 is 17.4 Å². The maximum Gasteiger partial charge on any atom is 0.330 e. The van der Waals surface area contributed by atoms with Crippen molar-refractivity contribution >= 4 is 17.8 Å². The van der Waals surface area contributed by atoms with Crippen molar-refractivity contribution in [3.63, 3.8) is 0 Å². The Labute approximate surface area is 118 Å². The van der Waals surface area contributed by atoms with Crippen LogP contribution in [0.15, 0.2) is 0 Å². The molecule has 6 nitrogen and oxygen atoms in total. The maximum atomic E-state index is 12.7. The van der Waals surface area contributed by atoms with E-state index in [1.807, 2.05) is 0 Å². The number of ether oxygens (including phenoxy) is 1. The molecule has 1 aliphatic carbocycles. The first-order valence-corrected chi connectivity index (χ1v) is 7.21. The molecule has 112 valence electrons. The zero-order chi connectivity index (χ0) is 14.8. The van der Waals surface area contributed by atoms with Crippen molar-refractivity contribution in [2.45, 2.75) is 51.6 Å². The van der Waals surface area contributed by atoms with Gasteiger partial charge in [-0.1, -0.05) is 25.7 Å². The van der Waals surface area contributed by atoms with E-state index in [1.165, 1.54) is 7.11 Å². The minimum atomic E-state index is -1.04. The van der Waals surface area contributed by atoms with Crippen molar-refractivity contribution in [2.75, 3.05) is 13.7 Å². The summed E-state index contributed by atoms with van der Waals surface area (Å²) in [5.74, 6) is -0.771. The van der Waals surface area contributed by atoms with Crippen LogP contribution in [0.5, 0.6) is 0 Å². The molecule has 1 aliphatic heterocycles. The summed E-state index contributed by atoms with van der Waals surface area (Å²) in [5, 5.41) is 2.35. The van der Waals surface area contributed by atoms with Crippen LogP contribution in [0.4, 0.5) is 4.79 Å². The highest BCUT2D eigenvalue weighted by Crippen LogP contribution is 2.39. The minimum Gasteiger partial charge on any atom is -0.380 e. The lowest BCUT2D eigenvalue weighted by Crippen LogP contribution is -2.64. The quantitative estimate of drug-likeness (QED) is 0.795. The lowest BCUT2D eigenvalue weighted by Gasteiger charge is -2.39. The van der Waals surface area contributed by atoms with Crippen molar-refractivity contribution in [1.29, 1.82) is 0 Å². The molecule has 6 heteroatoms. The molecule has 1 spiro atoms. The first-order chi connectivity index (χ1) is 9.51. The fraction of sp³-hybridized carbons (Fsp3) is 0.786. The van der Waals surface area contributed by atoms with Gasteiger partial charge in [-0.3, -0.25) is 19.8 Å². The van der Waals surface area contributed by atoms with Gasteiger partial charge >= 0.3 is 6.03 Å². The van der Waals surface area contributed by atoms with E-state index in [4.69, 9.17) is 4.74 Å². The topological polar surface area (TPSA) is 75.7 Å². The van der Waals surface area contributed by atoms with E-state index in [-0.39, 0.29) is 18.6 Å². The third-order valence-electron chi connectivity index (χ3n) is 4.35. The molecule has 1 N–H and O–H groups in total. The molecule has 2 rings (SSSR count). The number of carbonyl (C=O) groups excluding carboxylic acids is 3. The molecule has 0 aromatic heterocycles. The van der Waals surface area contributed by atoms with Crippen LogP contribution < -0.4 is 5.32 Å². The summed E-state index contributed by atoms with van der Waals surface area (Å²) in [6.45, 7) is 1.97. The Morgan fingerprint density at radius 2 is 1.80 bits per heavy atom. The fourth-order valence-electron chi connectivity index (χ4n) is 3.00. The van der Waals surface area contributed by atoms with Gasteiger partial charge in [0.15, 0.2) is 0 Å². The van der Waals surface area contributed by atoms with E-state index in [2.05, 4.69) is 5.32 Å². The SMILES string of the molecule is COC(C)CN1C(=O)NC(=O)C2(CCCCCC2)C1=O. The Morgan fingerprint density at radius 3 is 2.35 bits per heavy atom. The molecule has 0 bridgehead atoms. The zero-order valence-corrected chi connectivity index (χ0v) is 12.1. The number of carbonyl (C=O) groups is 3. The zero-order valence-electron chi connectivity index (χ0n) is 12.1. The molecule has 1 saturated heterocycles. The Kier molecular flexibility index (Phi) is 4.42. The van der Waals surface area contributed by atoms with Gasteiger partial charge in [-0.15, -0.1) is 0 Å². The third kappa shape index (κ3) is 2.57. The lowest BCUT2D eigenvalue weighted by molar-refractivity contribution is -0.153. The predicted octanol–water partition coefficient (Wildman–Crippen LogP) is 1.44. The van der Waals surface area contributed by atoms with Gasteiger partial charge in [0.05, 0.1) is 12.6 Å². The van der Waals surface area contributed by atoms with E-state index >= 15 is 0 Å². The van der Waals surface area contributed by atoms with Gasteiger partial charge in [-0.25, -0.2) is 4.79 Å². The van der Waals surface area contributed by atoms with Crippen LogP contribution in [-0.4, -0.2) is 42.5 Å². The van der Waals surface area contributed by atoms with Crippen LogP contribution in [0.3, 0.4) is 0 Å². The second-order valence-corrected chi connectivity index (χ2v) is 5.72. The van der Waals surface area contributed by atoms with Crippen molar-refractivity contribution in [2.24, 2.45) is 5.41 Å². The average Bonchev–Trinajstić information content (AvgIpc) is 2.68. The van der Waals surface area contributed by atoms with E-state index in [0.717, 1.165) is 30.6 Å². The normalized spacial score (nSPS) is 24.5. The number of rotatable bonds is 3. The summed E-state index contributed by atoms with van der Waals surface area (Å²) < 4.78 is 5.12. The molecule has 2 aliphatic rings. The van der Waals surface area contributed by atoms with E-state index in [1.54, 1.807) is 6.92 Å². The van der Waals surface area contributed by atoms with Gasteiger partial charge in [0.25, 0.3) is 0 Å².